The molecule has 0 aliphatic rings. The first kappa shape index (κ1) is 15.7. The van der Waals surface area contributed by atoms with Crippen molar-refractivity contribution in [2.24, 2.45) is 13.0 Å². The predicted molar refractivity (Wildman–Crippen MR) is 80.6 cm³/mol. The highest BCUT2D eigenvalue weighted by molar-refractivity contribution is 5.08. The maximum absolute atomic E-state index is 5.29. The maximum atomic E-state index is 5.29. The maximum Gasteiger partial charge on any atom is 0.226 e. The van der Waals surface area contributed by atoms with Crippen LogP contribution in [-0.4, -0.2) is 31.4 Å². The van der Waals surface area contributed by atoms with Gasteiger partial charge in [-0.15, -0.1) is 0 Å². The van der Waals surface area contributed by atoms with Crippen molar-refractivity contribution in [2.45, 2.75) is 47.2 Å². The lowest BCUT2D eigenvalue weighted by Gasteiger charge is -2.18. The molecule has 0 aliphatic carbocycles. The molecule has 116 valence electrons. The summed E-state index contributed by atoms with van der Waals surface area (Å²) in [5.41, 5.74) is 2.24. The van der Waals surface area contributed by atoms with E-state index in [1.807, 2.05) is 18.7 Å². The van der Waals surface area contributed by atoms with Gasteiger partial charge in [-0.1, -0.05) is 25.9 Å². The van der Waals surface area contributed by atoms with Gasteiger partial charge in [0.15, 0.2) is 5.82 Å². The lowest BCUT2D eigenvalue weighted by atomic mass is 10.1. The second-order valence-corrected chi connectivity index (χ2v) is 5.91. The summed E-state index contributed by atoms with van der Waals surface area (Å²) < 4.78 is 7.22. The van der Waals surface area contributed by atoms with Gasteiger partial charge in [0.1, 0.15) is 0 Å². The van der Waals surface area contributed by atoms with E-state index in [-0.39, 0.29) is 0 Å². The average Bonchev–Trinajstić information content (AvgIpc) is 2.95. The second kappa shape index (κ2) is 6.85. The summed E-state index contributed by atoms with van der Waals surface area (Å²) in [5.74, 6) is 2.01. The standard InChI is InChI=1S/C15H25N5O/c1-6-20(9-13-8-12(4)17-19(13)5)10-14-16-15(21-18-14)7-11(2)3/h8,11H,6-7,9-10H2,1-5H3. The van der Waals surface area contributed by atoms with E-state index in [9.17, 15) is 0 Å². The van der Waals surface area contributed by atoms with Gasteiger partial charge in [-0.2, -0.15) is 10.1 Å². The number of rotatable bonds is 7. The Labute approximate surface area is 126 Å². The van der Waals surface area contributed by atoms with E-state index in [4.69, 9.17) is 4.52 Å². The summed E-state index contributed by atoms with van der Waals surface area (Å²) in [7, 11) is 1.98. The van der Waals surface area contributed by atoms with Crippen LogP contribution >= 0.6 is 0 Å². The molecule has 0 spiro atoms. The smallest absolute Gasteiger partial charge is 0.226 e. The molecule has 0 N–H and O–H groups in total. The molecule has 0 aromatic carbocycles. The van der Waals surface area contributed by atoms with Crippen molar-refractivity contribution in [3.63, 3.8) is 0 Å². The molecule has 0 bridgehead atoms. The van der Waals surface area contributed by atoms with Crippen molar-refractivity contribution in [3.8, 4) is 0 Å². The fourth-order valence-corrected chi connectivity index (χ4v) is 2.31. The molecule has 0 aliphatic heterocycles. The van der Waals surface area contributed by atoms with E-state index in [2.05, 4.69) is 47.0 Å². The molecule has 6 nitrogen and oxygen atoms in total. The van der Waals surface area contributed by atoms with E-state index in [1.54, 1.807) is 0 Å². The highest BCUT2D eigenvalue weighted by Gasteiger charge is 2.13. The Morgan fingerprint density at radius 1 is 1.33 bits per heavy atom. The fourth-order valence-electron chi connectivity index (χ4n) is 2.31. The van der Waals surface area contributed by atoms with Gasteiger partial charge < -0.3 is 4.52 Å². The van der Waals surface area contributed by atoms with Crippen molar-refractivity contribution in [3.05, 3.63) is 29.2 Å². The molecule has 2 rings (SSSR count). The molecular weight excluding hydrogens is 266 g/mol. The highest BCUT2D eigenvalue weighted by Crippen LogP contribution is 2.10. The van der Waals surface area contributed by atoms with Crippen LogP contribution in [0.4, 0.5) is 0 Å². The first-order valence-electron chi connectivity index (χ1n) is 7.51. The Morgan fingerprint density at radius 3 is 2.67 bits per heavy atom. The van der Waals surface area contributed by atoms with E-state index in [1.165, 1.54) is 5.69 Å². The molecule has 0 unspecified atom stereocenters. The number of aromatic nitrogens is 4. The third kappa shape index (κ3) is 4.39. The Hall–Kier alpha value is -1.69. The van der Waals surface area contributed by atoms with Crippen molar-refractivity contribution >= 4 is 0 Å². The van der Waals surface area contributed by atoms with Gasteiger partial charge in [-0.25, -0.2) is 0 Å². The molecule has 2 heterocycles. The predicted octanol–water partition coefficient (Wildman–Crippen LogP) is 2.33. The minimum atomic E-state index is 0.526. The number of aryl methyl sites for hydroxylation is 2. The van der Waals surface area contributed by atoms with E-state index < -0.39 is 0 Å². The Bertz CT molecular complexity index is 572. The minimum absolute atomic E-state index is 0.526. The second-order valence-electron chi connectivity index (χ2n) is 5.91. The summed E-state index contributed by atoms with van der Waals surface area (Å²) in [6.07, 6.45) is 0.833. The first-order chi connectivity index (χ1) is 9.97. The van der Waals surface area contributed by atoms with Crippen LogP contribution in [0.15, 0.2) is 10.6 Å². The van der Waals surface area contributed by atoms with Gasteiger partial charge in [0.25, 0.3) is 0 Å². The van der Waals surface area contributed by atoms with Gasteiger partial charge in [-0.05, 0) is 25.5 Å². The van der Waals surface area contributed by atoms with Crippen molar-refractivity contribution in [2.75, 3.05) is 6.54 Å². The Kier molecular flexibility index (Phi) is 5.12. The summed E-state index contributed by atoms with van der Waals surface area (Å²) in [4.78, 5) is 6.74. The summed E-state index contributed by atoms with van der Waals surface area (Å²) in [6.45, 7) is 10.9. The molecule has 2 aromatic rings. The molecule has 2 aromatic heterocycles. The van der Waals surface area contributed by atoms with Gasteiger partial charge in [0, 0.05) is 20.0 Å². The van der Waals surface area contributed by atoms with Crippen LogP contribution in [0.3, 0.4) is 0 Å². The van der Waals surface area contributed by atoms with Crippen molar-refractivity contribution in [1.29, 1.82) is 0 Å². The van der Waals surface area contributed by atoms with Crippen LogP contribution in [0.2, 0.25) is 0 Å². The summed E-state index contributed by atoms with van der Waals surface area (Å²) >= 11 is 0. The van der Waals surface area contributed by atoms with Crippen molar-refractivity contribution < 1.29 is 4.52 Å². The molecule has 0 radical (unpaired) electrons. The lowest BCUT2D eigenvalue weighted by Crippen LogP contribution is -2.24. The normalized spacial score (nSPS) is 11.8. The summed E-state index contributed by atoms with van der Waals surface area (Å²) in [6, 6.07) is 2.11. The zero-order chi connectivity index (χ0) is 15.4. The zero-order valence-corrected chi connectivity index (χ0v) is 13.6. The SMILES string of the molecule is CCN(Cc1noc(CC(C)C)n1)Cc1cc(C)nn1C. The third-order valence-corrected chi connectivity index (χ3v) is 3.39. The largest absolute Gasteiger partial charge is 0.339 e. The highest BCUT2D eigenvalue weighted by atomic mass is 16.5. The summed E-state index contributed by atoms with van der Waals surface area (Å²) in [5, 5.41) is 8.46. The molecule has 0 saturated carbocycles. The monoisotopic (exact) mass is 291 g/mol. The molecule has 21 heavy (non-hydrogen) atoms. The van der Waals surface area contributed by atoms with E-state index in [0.29, 0.717) is 12.5 Å². The number of hydrogen-bond acceptors (Lipinski definition) is 5. The van der Waals surface area contributed by atoms with Crippen LogP contribution in [0, 0.1) is 12.8 Å². The van der Waals surface area contributed by atoms with Crippen LogP contribution < -0.4 is 0 Å². The van der Waals surface area contributed by atoms with Crippen molar-refractivity contribution in [1.82, 2.24) is 24.8 Å². The molecular formula is C15H25N5O. The Balaban J connectivity index is 1.98. The van der Waals surface area contributed by atoms with Crippen LogP contribution in [0.25, 0.3) is 0 Å². The van der Waals surface area contributed by atoms with Gasteiger partial charge >= 0.3 is 0 Å². The van der Waals surface area contributed by atoms with Crippen LogP contribution in [0.1, 0.15) is 43.9 Å². The third-order valence-electron chi connectivity index (χ3n) is 3.39. The van der Waals surface area contributed by atoms with Gasteiger partial charge in [0.05, 0.1) is 17.9 Å². The minimum Gasteiger partial charge on any atom is -0.339 e. The number of nitrogens with zero attached hydrogens (tertiary/aromatic N) is 5. The van der Waals surface area contributed by atoms with Crippen LogP contribution in [-0.2, 0) is 26.6 Å². The molecule has 0 atom stereocenters. The zero-order valence-electron chi connectivity index (χ0n) is 13.6. The van der Waals surface area contributed by atoms with Gasteiger partial charge in [0.2, 0.25) is 5.89 Å². The Morgan fingerprint density at radius 2 is 2.10 bits per heavy atom. The van der Waals surface area contributed by atoms with Gasteiger partial charge in [-0.3, -0.25) is 9.58 Å². The molecule has 6 heteroatoms. The topological polar surface area (TPSA) is 60.0 Å². The quantitative estimate of drug-likeness (QED) is 0.783. The fraction of sp³-hybridized carbons (Fsp3) is 0.667. The molecule has 0 saturated heterocycles. The van der Waals surface area contributed by atoms with E-state index in [0.717, 1.165) is 36.9 Å². The van der Waals surface area contributed by atoms with E-state index >= 15 is 0 Å². The molecule has 0 amide bonds. The first-order valence-corrected chi connectivity index (χ1v) is 7.51. The average molecular weight is 291 g/mol. The number of hydrogen-bond donors (Lipinski definition) is 0. The molecule has 0 fully saturated rings. The lowest BCUT2D eigenvalue weighted by molar-refractivity contribution is 0.252. The van der Waals surface area contributed by atoms with Crippen LogP contribution in [0.5, 0.6) is 0 Å².